The average molecular weight is 735 g/mol. The van der Waals surface area contributed by atoms with E-state index in [1.54, 1.807) is 19.1 Å². The van der Waals surface area contributed by atoms with Crippen LogP contribution < -0.4 is 14.4 Å². The van der Waals surface area contributed by atoms with Crippen molar-refractivity contribution in [2.24, 2.45) is 17.8 Å². The molecule has 2 aliphatic carbocycles. The summed E-state index contributed by atoms with van der Waals surface area (Å²) in [6.07, 6.45) is 2.21. The van der Waals surface area contributed by atoms with E-state index in [9.17, 15) is 27.0 Å². The number of allylic oxidation sites excluding steroid dienone is 1. The van der Waals surface area contributed by atoms with Crippen LogP contribution in [-0.2, 0) is 31.1 Å². The summed E-state index contributed by atoms with van der Waals surface area (Å²) in [6.45, 7) is 5.02. The highest BCUT2D eigenvalue weighted by Crippen LogP contribution is 2.47. The summed E-state index contributed by atoms with van der Waals surface area (Å²) in [7, 11) is -3.06. The fourth-order valence-corrected chi connectivity index (χ4v) is 9.63. The van der Waals surface area contributed by atoms with Crippen LogP contribution in [-0.4, -0.2) is 65.6 Å². The van der Waals surface area contributed by atoms with E-state index in [-0.39, 0.29) is 23.2 Å². The fourth-order valence-electron chi connectivity index (χ4n) is 7.96. The van der Waals surface area contributed by atoms with Crippen LogP contribution in [0.5, 0.6) is 5.75 Å². The molecule has 0 radical (unpaired) electrons. The summed E-state index contributed by atoms with van der Waals surface area (Å²) in [5.41, 5.74) is 3.19. The molecule has 50 heavy (non-hydrogen) atoms. The first-order valence-corrected chi connectivity index (χ1v) is 19.7. The van der Waals surface area contributed by atoms with E-state index in [1.807, 2.05) is 37.3 Å². The Morgan fingerprint density at radius 1 is 1.20 bits per heavy atom. The normalized spacial score (nSPS) is 32.1. The Bertz CT molecular complexity index is 1750. The van der Waals surface area contributed by atoms with E-state index in [1.165, 1.54) is 11.1 Å². The number of ether oxygens (including phenoxy) is 2. The van der Waals surface area contributed by atoms with Gasteiger partial charge in [-0.25, -0.2) is 4.21 Å². The lowest BCUT2D eigenvalue weighted by Crippen LogP contribution is -2.49. The number of aryl methyl sites for hydroxylation is 1. The number of carbonyl (C=O) groups excluding carboxylic acids is 2. The van der Waals surface area contributed by atoms with Crippen molar-refractivity contribution in [3.63, 3.8) is 0 Å². The molecular formula is C38H46ClF3N2O5S. The molecule has 7 nitrogen and oxygen atoms in total. The Labute approximate surface area is 298 Å². The van der Waals surface area contributed by atoms with Gasteiger partial charge < -0.3 is 14.4 Å². The van der Waals surface area contributed by atoms with E-state index in [4.69, 9.17) is 21.1 Å². The number of rotatable bonds is 5. The number of ketones is 1. The van der Waals surface area contributed by atoms with Crippen LogP contribution in [0.2, 0.25) is 5.02 Å². The minimum atomic E-state index is -4.41. The second-order valence-electron chi connectivity index (χ2n) is 14.7. The van der Waals surface area contributed by atoms with Gasteiger partial charge in [-0.2, -0.15) is 13.2 Å². The number of Topliss-reactive ketones (excluding diaryl/α,β-unsaturated/α-hetero) is 1. The van der Waals surface area contributed by atoms with Crippen LogP contribution in [0.3, 0.4) is 0 Å². The van der Waals surface area contributed by atoms with E-state index in [0.717, 1.165) is 37.8 Å². The zero-order valence-corrected chi connectivity index (χ0v) is 30.2. The molecule has 1 fully saturated rings. The van der Waals surface area contributed by atoms with Crippen LogP contribution >= 0.6 is 11.6 Å². The standard InChI is InChI=1S/C38H46ClF3N2O5S/c1-24-6-4-8-34(48-21-30(45)15-17-38(40,41)42)31-12-9-28(31)20-44-22-37(16-5-7-26-18-29(39)11-13-32(26)37)23-49-35-14-10-27(19-33(35)44)36(46)43-50(3,47)25(24)2/h4,8,10-11,13-14,18-19,24-25,28,31,34H,3,5-7,9,12,15-17,20-23H2,1-2H3,(H,43,46,47)/b8-4+/t24-,25+,28-,31+,34-,37-,50?/m0/s1. The number of hydrogen-bond acceptors (Lipinski definition) is 6. The molecular weight excluding hydrogens is 689 g/mol. The molecule has 2 aromatic rings. The molecule has 1 spiro atoms. The number of hydrogen-bond donors (Lipinski definition) is 1. The second-order valence-corrected chi connectivity index (χ2v) is 17.6. The second kappa shape index (κ2) is 14.5. The number of amides is 1. The van der Waals surface area contributed by atoms with Gasteiger partial charge in [-0.1, -0.05) is 36.7 Å². The Hall–Kier alpha value is -3.02. The molecule has 0 saturated heterocycles. The van der Waals surface area contributed by atoms with Gasteiger partial charge in [0.25, 0.3) is 5.91 Å². The van der Waals surface area contributed by atoms with Crippen LogP contribution in [0, 0.1) is 17.8 Å². The summed E-state index contributed by atoms with van der Waals surface area (Å²) < 4.78 is 67.7. The molecule has 4 aliphatic rings. The smallest absolute Gasteiger partial charge is 0.389 e. The van der Waals surface area contributed by atoms with Crippen molar-refractivity contribution < 1.29 is 36.4 Å². The summed E-state index contributed by atoms with van der Waals surface area (Å²) in [5, 5.41) is 0.224. The highest BCUT2D eigenvalue weighted by molar-refractivity contribution is 7.99. The number of nitrogens with one attached hydrogen (secondary N) is 1. The number of halogens is 4. The fraction of sp³-hybridized carbons (Fsp3) is 0.553. The summed E-state index contributed by atoms with van der Waals surface area (Å²) in [4.78, 5) is 28.4. The van der Waals surface area contributed by atoms with Crippen LogP contribution in [0.15, 0.2) is 48.6 Å². The topological polar surface area (TPSA) is 84.9 Å². The number of alkyl halides is 3. The molecule has 2 aromatic carbocycles. The molecule has 1 unspecified atom stereocenters. The first kappa shape index (κ1) is 36.8. The molecule has 272 valence electrons. The molecule has 6 rings (SSSR count). The Balaban J connectivity index is 1.36. The summed E-state index contributed by atoms with van der Waals surface area (Å²) in [6, 6.07) is 11.4. The van der Waals surface area contributed by atoms with Crippen molar-refractivity contribution in [1.82, 2.24) is 4.72 Å². The zero-order valence-electron chi connectivity index (χ0n) is 28.6. The highest BCUT2D eigenvalue weighted by atomic mass is 35.5. The number of anilines is 1. The molecule has 12 heteroatoms. The monoisotopic (exact) mass is 734 g/mol. The predicted octanol–water partition coefficient (Wildman–Crippen LogP) is 7.48. The first-order chi connectivity index (χ1) is 23.6. The maximum atomic E-state index is 13.8. The maximum absolute atomic E-state index is 13.8. The quantitative estimate of drug-likeness (QED) is 0.253. The van der Waals surface area contributed by atoms with Crippen molar-refractivity contribution in [3.05, 3.63) is 70.3 Å². The third-order valence-electron chi connectivity index (χ3n) is 11.3. The maximum Gasteiger partial charge on any atom is 0.389 e. The largest absolute Gasteiger partial charge is 0.490 e. The van der Waals surface area contributed by atoms with Gasteiger partial charge in [-0.3, -0.25) is 14.3 Å². The van der Waals surface area contributed by atoms with Gasteiger partial charge >= 0.3 is 6.18 Å². The van der Waals surface area contributed by atoms with Gasteiger partial charge in [0.2, 0.25) is 0 Å². The minimum absolute atomic E-state index is 0.0202. The SMILES string of the molecule is C=S1(=O)NC(=O)c2ccc3c(c2)N(C[C@@H]2CC[C@H]2[C@@H](OCC(=O)CCC(F)(F)F)/C=C/C[C@H](C)[C@H]1C)C[C@@]1(CCCc2cc(Cl)ccc21)CO3. The van der Waals surface area contributed by atoms with Crippen LogP contribution in [0.1, 0.15) is 80.3 Å². The molecule has 0 aromatic heterocycles. The van der Waals surface area contributed by atoms with Crippen LogP contribution in [0.4, 0.5) is 18.9 Å². The molecule has 7 atom stereocenters. The summed E-state index contributed by atoms with van der Waals surface area (Å²) in [5.74, 6) is 3.57. The highest BCUT2D eigenvalue weighted by Gasteiger charge is 2.45. The molecule has 1 N–H and O–H groups in total. The first-order valence-electron chi connectivity index (χ1n) is 17.5. The van der Waals surface area contributed by atoms with Gasteiger partial charge in [0, 0.05) is 40.8 Å². The number of benzene rings is 2. The lowest BCUT2D eigenvalue weighted by Gasteiger charge is -2.46. The van der Waals surface area contributed by atoms with E-state index >= 15 is 0 Å². The van der Waals surface area contributed by atoms with Gasteiger partial charge in [0.05, 0.1) is 34.5 Å². The molecule has 1 saturated carbocycles. The van der Waals surface area contributed by atoms with Gasteiger partial charge in [-0.05, 0) is 111 Å². The predicted molar refractivity (Wildman–Crippen MR) is 192 cm³/mol. The van der Waals surface area contributed by atoms with Crippen molar-refractivity contribution in [1.29, 1.82) is 0 Å². The molecule has 2 bridgehead atoms. The average Bonchev–Trinajstić information content (AvgIpc) is 3.19. The third kappa shape index (κ3) is 8.05. The van der Waals surface area contributed by atoms with Gasteiger partial charge in [-0.15, -0.1) is 0 Å². The van der Waals surface area contributed by atoms with Crippen molar-refractivity contribution in [2.75, 3.05) is 31.2 Å². The number of carbonyl (C=O) groups is 2. The van der Waals surface area contributed by atoms with E-state index in [0.29, 0.717) is 42.5 Å². The molecule has 2 aliphatic heterocycles. The van der Waals surface area contributed by atoms with E-state index in [2.05, 4.69) is 21.6 Å². The lowest BCUT2D eigenvalue weighted by molar-refractivity contribution is -0.146. The summed E-state index contributed by atoms with van der Waals surface area (Å²) >= 11 is 6.42. The Kier molecular flexibility index (Phi) is 10.7. The number of fused-ring (bicyclic) bond motifs is 4. The van der Waals surface area contributed by atoms with Crippen molar-refractivity contribution in [2.45, 2.75) is 88.2 Å². The van der Waals surface area contributed by atoms with Crippen molar-refractivity contribution in [3.8, 4) is 5.75 Å². The number of nitrogens with zero attached hydrogens (tertiary/aromatic N) is 1. The molecule has 2 heterocycles. The van der Waals surface area contributed by atoms with E-state index < -0.39 is 58.4 Å². The minimum Gasteiger partial charge on any atom is -0.490 e. The van der Waals surface area contributed by atoms with Gasteiger partial charge in [0.1, 0.15) is 12.4 Å². The van der Waals surface area contributed by atoms with Crippen molar-refractivity contribution >= 4 is 44.6 Å². The Morgan fingerprint density at radius 3 is 2.74 bits per heavy atom. The van der Waals surface area contributed by atoms with Gasteiger partial charge in [0.15, 0.2) is 5.78 Å². The van der Waals surface area contributed by atoms with Crippen LogP contribution in [0.25, 0.3) is 0 Å². The molecule has 1 amide bonds. The Morgan fingerprint density at radius 2 is 2.00 bits per heavy atom. The third-order valence-corrected chi connectivity index (χ3v) is 13.7. The zero-order chi connectivity index (χ0) is 35.8. The lowest BCUT2D eigenvalue weighted by atomic mass is 9.68.